The maximum Gasteiger partial charge on any atom is 0.327 e. The lowest BCUT2D eigenvalue weighted by atomic mass is 10.0. The number of aromatic nitrogens is 6. The van der Waals surface area contributed by atoms with Gasteiger partial charge in [-0.3, -0.25) is 9.36 Å². The number of rotatable bonds is 4. The molecule has 1 unspecified atom stereocenters. The summed E-state index contributed by atoms with van der Waals surface area (Å²) in [6.45, 7) is 5.27. The van der Waals surface area contributed by atoms with Gasteiger partial charge in [-0.15, -0.1) is 10.2 Å². The molecule has 1 N–H and O–H groups in total. The first kappa shape index (κ1) is 19.0. The molecular formula is C19H17ClN6O3. The predicted molar refractivity (Wildman–Crippen MR) is 107 cm³/mol. The molecule has 29 heavy (non-hydrogen) atoms. The molecule has 0 fully saturated rings. The molecule has 0 aliphatic carbocycles. The number of fused-ring (bicyclic) bond motifs is 3. The molecule has 0 bridgehead atoms. The number of benzene rings is 1. The quantitative estimate of drug-likeness (QED) is 0.547. The fourth-order valence-corrected chi connectivity index (χ4v) is 3.55. The van der Waals surface area contributed by atoms with Crippen molar-refractivity contribution in [3.05, 3.63) is 51.7 Å². The zero-order valence-electron chi connectivity index (χ0n) is 15.9. The van der Waals surface area contributed by atoms with Crippen LogP contribution in [0.4, 0.5) is 0 Å². The van der Waals surface area contributed by atoms with E-state index in [1.165, 1.54) is 10.8 Å². The number of nitrogens with zero attached hydrogens (tertiary/aromatic N) is 6. The van der Waals surface area contributed by atoms with E-state index >= 15 is 0 Å². The predicted octanol–water partition coefficient (Wildman–Crippen LogP) is 2.74. The maximum atomic E-state index is 12.9. The van der Waals surface area contributed by atoms with Gasteiger partial charge >= 0.3 is 5.97 Å². The van der Waals surface area contributed by atoms with Crippen molar-refractivity contribution in [1.29, 1.82) is 0 Å². The van der Waals surface area contributed by atoms with E-state index < -0.39 is 17.6 Å². The highest BCUT2D eigenvalue weighted by molar-refractivity contribution is 6.30. The Morgan fingerprint density at radius 2 is 1.83 bits per heavy atom. The smallest absolute Gasteiger partial charge is 0.327 e. The van der Waals surface area contributed by atoms with Crippen LogP contribution < -0.4 is 5.56 Å². The van der Waals surface area contributed by atoms with Crippen LogP contribution in [0.1, 0.15) is 25.6 Å². The second-order valence-corrected chi connectivity index (χ2v) is 7.50. The summed E-state index contributed by atoms with van der Waals surface area (Å²) in [6.07, 6.45) is 1.23. The first-order valence-corrected chi connectivity index (χ1v) is 9.29. The molecule has 1 atom stereocenters. The first-order valence-electron chi connectivity index (χ1n) is 8.91. The minimum absolute atomic E-state index is 0.0444. The van der Waals surface area contributed by atoms with Gasteiger partial charge in [-0.05, 0) is 30.5 Å². The molecule has 0 saturated carbocycles. The molecule has 4 rings (SSSR count). The van der Waals surface area contributed by atoms with E-state index in [2.05, 4.69) is 20.3 Å². The van der Waals surface area contributed by atoms with E-state index in [-0.39, 0.29) is 17.1 Å². The number of hydrogen-bond donors (Lipinski definition) is 1. The normalized spacial score (nSPS) is 12.7. The SMILES string of the molecule is Cc1nn2c(nnc3c(=O)n(C(C(=O)O)C(C)C)cnc32)c1-c1ccc(Cl)cc1. The van der Waals surface area contributed by atoms with Gasteiger partial charge in [0.2, 0.25) is 0 Å². The van der Waals surface area contributed by atoms with Crippen molar-refractivity contribution in [3.63, 3.8) is 0 Å². The Morgan fingerprint density at radius 3 is 2.45 bits per heavy atom. The second kappa shape index (κ2) is 6.93. The van der Waals surface area contributed by atoms with Gasteiger partial charge in [0.05, 0.1) is 11.3 Å². The number of hydrogen-bond acceptors (Lipinski definition) is 6. The minimum atomic E-state index is -1.11. The van der Waals surface area contributed by atoms with Crippen molar-refractivity contribution >= 4 is 34.4 Å². The minimum Gasteiger partial charge on any atom is -0.480 e. The lowest BCUT2D eigenvalue weighted by Crippen LogP contribution is -2.34. The number of aliphatic carboxylic acids is 1. The lowest BCUT2D eigenvalue weighted by molar-refractivity contribution is -0.142. The van der Waals surface area contributed by atoms with E-state index in [9.17, 15) is 14.7 Å². The van der Waals surface area contributed by atoms with Gasteiger partial charge in [0.25, 0.3) is 5.56 Å². The molecule has 0 saturated heterocycles. The lowest BCUT2D eigenvalue weighted by Gasteiger charge is -2.18. The van der Waals surface area contributed by atoms with E-state index in [1.807, 2.05) is 19.1 Å². The Hall–Kier alpha value is -3.33. The fourth-order valence-electron chi connectivity index (χ4n) is 3.42. The molecule has 0 spiro atoms. The van der Waals surface area contributed by atoms with Crippen LogP contribution in [0.2, 0.25) is 5.02 Å². The van der Waals surface area contributed by atoms with Crippen LogP contribution in [0, 0.1) is 12.8 Å². The van der Waals surface area contributed by atoms with Gasteiger partial charge in [-0.2, -0.15) is 9.61 Å². The zero-order valence-corrected chi connectivity index (χ0v) is 16.6. The summed E-state index contributed by atoms with van der Waals surface area (Å²) < 4.78 is 2.53. The molecule has 148 valence electrons. The molecule has 1 aromatic carbocycles. The van der Waals surface area contributed by atoms with Crippen molar-refractivity contribution in [2.24, 2.45) is 5.92 Å². The monoisotopic (exact) mass is 412 g/mol. The number of halogens is 1. The largest absolute Gasteiger partial charge is 0.480 e. The molecule has 3 heterocycles. The van der Waals surface area contributed by atoms with Crippen molar-refractivity contribution in [1.82, 2.24) is 29.4 Å². The van der Waals surface area contributed by atoms with Gasteiger partial charge in [-0.1, -0.05) is 37.6 Å². The van der Waals surface area contributed by atoms with Crippen molar-refractivity contribution < 1.29 is 9.90 Å². The summed E-state index contributed by atoms with van der Waals surface area (Å²) in [6, 6.07) is 6.18. The zero-order chi connectivity index (χ0) is 20.9. The number of carboxylic acid groups (broad SMARTS) is 1. The van der Waals surface area contributed by atoms with E-state index in [0.29, 0.717) is 16.4 Å². The van der Waals surface area contributed by atoms with Crippen LogP contribution in [-0.4, -0.2) is 40.4 Å². The topological polar surface area (TPSA) is 115 Å². The Morgan fingerprint density at radius 1 is 1.14 bits per heavy atom. The first-order chi connectivity index (χ1) is 13.8. The summed E-state index contributed by atoms with van der Waals surface area (Å²) in [5.41, 5.74) is 2.34. The van der Waals surface area contributed by atoms with E-state index in [0.717, 1.165) is 15.7 Å². The summed E-state index contributed by atoms with van der Waals surface area (Å²) in [5, 5.41) is 22.8. The van der Waals surface area contributed by atoms with E-state index in [1.54, 1.807) is 26.0 Å². The van der Waals surface area contributed by atoms with Crippen LogP contribution in [-0.2, 0) is 4.79 Å². The molecule has 0 radical (unpaired) electrons. The summed E-state index contributed by atoms with van der Waals surface area (Å²) in [5.74, 6) is -1.43. The second-order valence-electron chi connectivity index (χ2n) is 7.06. The van der Waals surface area contributed by atoms with Gasteiger partial charge in [0.1, 0.15) is 12.4 Å². The van der Waals surface area contributed by atoms with Crippen LogP contribution in [0.15, 0.2) is 35.4 Å². The van der Waals surface area contributed by atoms with Crippen LogP contribution in [0.5, 0.6) is 0 Å². The Bertz CT molecular complexity index is 1310. The Kier molecular flexibility index (Phi) is 4.54. The van der Waals surface area contributed by atoms with Crippen molar-refractivity contribution in [2.75, 3.05) is 0 Å². The van der Waals surface area contributed by atoms with E-state index in [4.69, 9.17) is 11.6 Å². The van der Waals surface area contributed by atoms with Crippen molar-refractivity contribution in [3.8, 4) is 11.1 Å². The molecular weight excluding hydrogens is 396 g/mol. The summed E-state index contributed by atoms with van der Waals surface area (Å²) >= 11 is 5.97. The average molecular weight is 413 g/mol. The third-order valence-electron chi connectivity index (χ3n) is 4.75. The maximum absolute atomic E-state index is 12.9. The van der Waals surface area contributed by atoms with Gasteiger partial charge in [0, 0.05) is 5.02 Å². The molecule has 3 aromatic heterocycles. The highest BCUT2D eigenvalue weighted by atomic mass is 35.5. The third kappa shape index (κ3) is 3.03. The van der Waals surface area contributed by atoms with Crippen LogP contribution in [0.25, 0.3) is 27.9 Å². The fraction of sp³-hybridized carbons (Fsp3) is 0.263. The van der Waals surface area contributed by atoms with Gasteiger partial charge in [-0.25, -0.2) is 9.78 Å². The summed E-state index contributed by atoms with van der Waals surface area (Å²) in [7, 11) is 0. The Labute approximate surface area is 169 Å². The molecule has 4 aromatic rings. The number of aryl methyl sites for hydroxylation is 1. The molecule has 0 amide bonds. The van der Waals surface area contributed by atoms with Crippen LogP contribution in [0.3, 0.4) is 0 Å². The number of carboxylic acids is 1. The summed E-state index contributed by atoms with van der Waals surface area (Å²) in [4.78, 5) is 28.8. The highest BCUT2D eigenvalue weighted by Gasteiger charge is 2.26. The molecule has 9 nitrogen and oxygen atoms in total. The third-order valence-corrected chi connectivity index (χ3v) is 5.00. The Balaban J connectivity index is 1.97. The number of carbonyl (C=O) groups is 1. The molecule has 10 heteroatoms. The molecule has 0 aliphatic heterocycles. The average Bonchev–Trinajstić information content (AvgIpc) is 3.00. The van der Waals surface area contributed by atoms with Crippen molar-refractivity contribution in [2.45, 2.75) is 26.8 Å². The van der Waals surface area contributed by atoms with Crippen LogP contribution >= 0.6 is 11.6 Å². The highest BCUT2D eigenvalue weighted by Crippen LogP contribution is 2.28. The van der Waals surface area contributed by atoms with Gasteiger partial charge < -0.3 is 5.11 Å². The molecule has 0 aliphatic rings. The standard InChI is InChI=1S/C19H17ClN6O3/c1-9(2)15(19(28)29)25-8-21-17-14(18(25)27)22-23-16-13(10(3)24-26(16)17)11-4-6-12(20)7-5-11/h4-9,15H,1-3H3,(H,28,29). The van der Waals surface area contributed by atoms with Gasteiger partial charge in [0.15, 0.2) is 16.8 Å².